The van der Waals surface area contributed by atoms with Gasteiger partial charge in [0.15, 0.2) is 0 Å². The average Bonchev–Trinajstić information content (AvgIpc) is 3.12. The number of methoxy groups -OCH3 is 1. The van der Waals surface area contributed by atoms with Crippen molar-refractivity contribution in [2.24, 2.45) is 11.7 Å². The maximum atomic E-state index is 6.44. The molecule has 94 valence electrons. The lowest BCUT2D eigenvalue weighted by molar-refractivity contribution is 0.347. The Hall–Kier alpha value is -1.02. The van der Waals surface area contributed by atoms with Crippen molar-refractivity contribution in [1.82, 2.24) is 0 Å². The molecule has 0 saturated heterocycles. The summed E-state index contributed by atoms with van der Waals surface area (Å²) in [7, 11) is 1.72. The number of ether oxygens (including phenoxy) is 1. The molecular weight excluding hydrogens is 210 g/mol. The van der Waals surface area contributed by atoms with Gasteiger partial charge < -0.3 is 10.5 Å². The van der Waals surface area contributed by atoms with E-state index in [1.165, 1.54) is 24.0 Å². The van der Waals surface area contributed by atoms with Gasteiger partial charge in [-0.15, -0.1) is 0 Å². The summed E-state index contributed by atoms with van der Waals surface area (Å²) in [6.07, 6.45) is 2.60. The first-order valence-corrected chi connectivity index (χ1v) is 6.43. The van der Waals surface area contributed by atoms with Gasteiger partial charge in [0, 0.05) is 5.54 Å². The standard InChI is InChI=1S/C15H23NO/c1-10(2)15(3,16)13-7-12(11-5-6-11)8-14(9-13)17-4/h7-11H,5-6,16H2,1-4H3. The Bertz CT molecular complexity index is 405. The summed E-state index contributed by atoms with van der Waals surface area (Å²) in [6.45, 7) is 6.43. The summed E-state index contributed by atoms with van der Waals surface area (Å²) in [6, 6.07) is 6.49. The summed E-state index contributed by atoms with van der Waals surface area (Å²) in [4.78, 5) is 0. The van der Waals surface area contributed by atoms with Gasteiger partial charge >= 0.3 is 0 Å². The number of nitrogens with two attached hydrogens (primary N) is 1. The predicted molar refractivity (Wildman–Crippen MR) is 71.3 cm³/mol. The van der Waals surface area contributed by atoms with Crippen molar-refractivity contribution in [2.75, 3.05) is 7.11 Å². The second-order valence-corrected chi connectivity index (χ2v) is 5.71. The fourth-order valence-electron chi connectivity index (χ4n) is 2.04. The highest BCUT2D eigenvalue weighted by Gasteiger charge is 2.29. The van der Waals surface area contributed by atoms with Crippen LogP contribution in [0.2, 0.25) is 0 Å². The van der Waals surface area contributed by atoms with Gasteiger partial charge in [0.2, 0.25) is 0 Å². The van der Waals surface area contributed by atoms with E-state index in [1.54, 1.807) is 7.11 Å². The van der Waals surface area contributed by atoms with Gasteiger partial charge in [-0.05, 0) is 54.9 Å². The second kappa shape index (κ2) is 4.34. The van der Waals surface area contributed by atoms with Gasteiger partial charge in [-0.2, -0.15) is 0 Å². The zero-order valence-electron chi connectivity index (χ0n) is 11.3. The molecule has 1 aromatic rings. The minimum absolute atomic E-state index is 0.293. The number of benzene rings is 1. The minimum atomic E-state index is -0.293. The molecule has 2 nitrogen and oxygen atoms in total. The highest BCUT2D eigenvalue weighted by Crippen LogP contribution is 2.43. The van der Waals surface area contributed by atoms with Gasteiger partial charge in [0.1, 0.15) is 5.75 Å². The summed E-state index contributed by atoms with van der Waals surface area (Å²) >= 11 is 0. The maximum absolute atomic E-state index is 6.44. The van der Waals surface area contributed by atoms with Crippen molar-refractivity contribution in [1.29, 1.82) is 0 Å². The monoisotopic (exact) mass is 233 g/mol. The topological polar surface area (TPSA) is 35.2 Å². The van der Waals surface area contributed by atoms with Crippen LogP contribution in [0.15, 0.2) is 18.2 Å². The van der Waals surface area contributed by atoms with Crippen molar-refractivity contribution < 1.29 is 4.74 Å². The molecule has 1 aliphatic carbocycles. The van der Waals surface area contributed by atoms with E-state index >= 15 is 0 Å². The van der Waals surface area contributed by atoms with Crippen LogP contribution in [0.4, 0.5) is 0 Å². The van der Waals surface area contributed by atoms with Gasteiger partial charge in [0.05, 0.1) is 7.11 Å². The molecular formula is C15H23NO. The van der Waals surface area contributed by atoms with Crippen molar-refractivity contribution >= 4 is 0 Å². The van der Waals surface area contributed by atoms with E-state index in [4.69, 9.17) is 10.5 Å². The van der Waals surface area contributed by atoms with Crippen LogP contribution < -0.4 is 10.5 Å². The number of rotatable bonds is 4. The van der Waals surface area contributed by atoms with E-state index < -0.39 is 0 Å². The Balaban J connectivity index is 2.42. The summed E-state index contributed by atoms with van der Waals surface area (Å²) in [5, 5.41) is 0. The van der Waals surface area contributed by atoms with Crippen LogP contribution in [0.3, 0.4) is 0 Å². The smallest absolute Gasteiger partial charge is 0.119 e. The molecule has 2 rings (SSSR count). The Labute approximate surface area is 104 Å². The first kappa shape index (κ1) is 12.4. The van der Waals surface area contributed by atoms with Crippen LogP contribution in [0.5, 0.6) is 5.75 Å². The molecule has 1 aliphatic rings. The van der Waals surface area contributed by atoms with Crippen molar-refractivity contribution in [3.05, 3.63) is 29.3 Å². The van der Waals surface area contributed by atoms with E-state index in [0.717, 1.165) is 11.7 Å². The van der Waals surface area contributed by atoms with E-state index in [-0.39, 0.29) is 5.54 Å². The fourth-order valence-corrected chi connectivity index (χ4v) is 2.04. The zero-order chi connectivity index (χ0) is 12.6. The fraction of sp³-hybridized carbons (Fsp3) is 0.600. The van der Waals surface area contributed by atoms with E-state index in [9.17, 15) is 0 Å². The molecule has 1 aromatic carbocycles. The largest absolute Gasteiger partial charge is 0.497 e. The third kappa shape index (κ3) is 2.47. The van der Waals surface area contributed by atoms with Crippen LogP contribution in [0, 0.1) is 5.92 Å². The van der Waals surface area contributed by atoms with Crippen LogP contribution >= 0.6 is 0 Å². The highest BCUT2D eigenvalue weighted by molar-refractivity contribution is 5.41. The van der Waals surface area contributed by atoms with Crippen LogP contribution in [0.25, 0.3) is 0 Å². The average molecular weight is 233 g/mol. The van der Waals surface area contributed by atoms with Crippen molar-refractivity contribution in [3.8, 4) is 5.75 Å². The van der Waals surface area contributed by atoms with E-state index in [1.807, 2.05) is 0 Å². The minimum Gasteiger partial charge on any atom is -0.497 e. The van der Waals surface area contributed by atoms with Crippen LogP contribution in [-0.4, -0.2) is 7.11 Å². The molecule has 0 bridgehead atoms. The molecule has 0 amide bonds. The molecule has 0 radical (unpaired) electrons. The lowest BCUT2D eigenvalue weighted by Crippen LogP contribution is -2.38. The van der Waals surface area contributed by atoms with E-state index in [0.29, 0.717) is 5.92 Å². The Morgan fingerprint density at radius 1 is 1.29 bits per heavy atom. The SMILES string of the molecule is COc1cc(C2CC2)cc(C(C)(N)C(C)C)c1. The molecule has 1 fully saturated rings. The van der Waals surface area contributed by atoms with Crippen LogP contribution in [0.1, 0.15) is 50.7 Å². The molecule has 2 heteroatoms. The predicted octanol–water partition coefficient (Wildman–Crippen LogP) is 3.40. The second-order valence-electron chi connectivity index (χ2n) is 5.71. The summed E-state index contributed by atoms with van der Waals surface area (Å²) in [5.41, 5.74) is 8.72. The van der Waals surface area contributed by atoms with Gasteiger partial charge in [-0.25, -0.2) is 0 Å². The zero-order valence-corrected chi connectivity index (χ0v) is 11.3. The number of hydrogen-bond acceptors (Lipinski definition) is 2. The molecule has 1 unspecified atom stereocenters. The van der Waals surface area contributed by atoms with E-state index in [2.05, 4.69) is 39.0 Å². The number of hydrogen-bond donors (Lipinski definition) is 1. The quantitative estimate of drug-likeness (QED) is 0.865. The van der Waals surface area contributed by atoms with Gasteiger partial charge in [0.25, 0.3) is 0 Å². The Kier molecular flexibility index (Phi) is 3.17. The molecule has 0 aromatic heterocycles. The normalized spacial score (nSPS) is 19.2. The molecule has 17 heavy (non-hydrogen) atoms. The molecule has 1 atom stereocenters. The first-order chi connectivity index (χ1) is 7.95. The van der Waals surface area contributed by atoms with Crippen LogP contribution in [-0.2, 0) is 5.54 Å². The lowest BCUT2D eigenvalue weighted by Gasteiger charge is -2.30. The third-order valence-electron chi connectivity index (χ3n) is 4.03. The Morgan fingerprint density at radius 2 is 1.94 bits per heavy atom. The Morgan fingerprint density at radius 3 is 2.41 bits per heavy atom. The highest BCUT2D eigenvalue weighted by atomic mass is 16.5. The van der Waals surface area contributed by atoms with Gasteiger partial charge in [-0.3, -0.25) is 0 Å². The van der Waals surface area contributed by atoms with Crippen molar-refractivity contribution in [2.45, 2.75) is 45.1 Å². The molecule has 0 aliphatic heterocycles. The third-order valence-corrected chi connectivity index (χ3v) is 4.03. The van der Waals surface area contributed by atoms with Gasteiger partial charge in [-0.1, -0.05) is 19.9 Å². The molecule has 0 spiro atoms. The lowest BCUT2D eigenvalue weighted by atomic mass is 9.81. The first-order valence-electron chi connectivity index (χ1n) is 6.43. The van der Waals surface area contributed by atoms with Crippen molar-refractivity contribution in [3.63, 3.8) is 0 Å². The maximum Gasteiger partial charge on any atom is 0.119 e. The summed E-state index contributed by atoms with van der Waals surface area (Å²) in [5.74, 6) is 2.06. The summed E-state index contributed by atoms with van der Waals surface area (Å²) < 4.78 is 5.39. The molecule has 0 heterocycles. The molecule has 2 N–H and O–H groups in total. The molecule has 1 saturated carbocycles.